The average molecular weight is 308 g/mol. The van der Waals surface area contributed by atoms with Crippen LogP contribution in [0.5, 0.6) is 0 Å². The minimum absolute atomic E-state index is 0.0160. The molecular weight excluding hydrogens is 291 g/mol. The smallest absolute Gasteiger partial charge is 0.271 e. The molecule has 1 aromatic carbocycles. The lowest BCUT2D eigenvalue weighted by molar-refractivity contribution is 0.0958. The van der Waals surface area contributed by atoms with Gasteiger partial charge in [-0.2, -0.15) is 0 Å². The number of benzene rings is 1. The van der Waals surface area contributed by atoms with Gasteiger partial charge in [-0.1, -0.05) is 43.2 Å². The van der Waals surface area contributed by atoms with Crippen molar-refractivity contribution in [1.82, 2.24) is 15.6 Å². The summed E-state index contributed by atoms with van der Waals surface area (Å²) in [6.07, 6.45) is 4.27. The number of hydrogen-bond donors (Lipinski definition) is 2. The molecule has 2 aromatic rings. The molecule has 1 aromatic heterocycles. The molecule has 2 rings (SSSR count). The van der Waals surface area contributed by atoms with Gasteiger partial charge in [-0.15, -0.1) is 10.2 Å². The second kappa shape index (κ2) is 7.68. The van der Waals surface area contributed by atoms with Crippen LogP contribution < -0.4 is 10.9 Å². The third-order valence-electron chi connectivity index (χ3n) is 2.86. The molecule has 5 nitrogen and oxygen atoms in total. The van der Waals surface area contributed by atoms with Crippen molar-refractivity contribution in [2.45, 2.75) is 32.6 Å². The number of hydrogen-bond acceptors (Lipinski definition) is 5. The summed E-state index contributed by atoms with van der Waals surface area (Å²) in [5.41, 5.74) is 5.06. The van der Waals surface area contributed by atoms with E-state index in [0.29, 0.717) is 5.13 Å². The van der Waals surface area contributed by atoms with Gasteiger partial charge in [0, 0.05) is 6.42 Å². The molecule has 0 aliphatic carbocycles. The van der Waals surface area contributed by atoms with Crippen LogP contribution in [0, 0.1) is 5.82 Å². The number of hydrazine groups is 1. The Hall–Kier alpha value is -2.02. The van der Waals surface area contributed by atoms with E-state index in [9.17, 15) is 9.18 Å². The summed E-state index contributed by atoms with van der Waals surface area (Å²) in [5, 5.41) is 9.38. The Morgan fingerprint density at radius 2 is 2.10 bits per heavy atom. The number of aryl methyl sites for hydroxylation is 1. The lowest BCUT2D eigenvalue weighted by Crippen LogP contribution is -2.29. The fraction of sp³-hybridized carbons (Fsp3) is 0.357. The molecule has 0 saturated heterocycles. The lowest BCUT2D eigenvalue weighted by Gasteiger charge is -2.05. The fourth-order valence-corrected chi connectivity index (χ4v) is 2.49. The minimum atomic E-state index is -0.561. The molecule has 112 valence electrons. The number of aromatic nitrogens is 2. The summed E-state index contributed by atoms with van der Waals surface area (Å²) in [6.45, 7) is 2.14. The maximum Gasteiger partial charge on any atom is 0.272 e. The van der Waals surface area contributed by atoms with Gasteiger partial charge in [0.2, 0.25) is 5.13 Å². The summed E-state index contributed by atoms with van der Waals surface area (Å²) in [6, 6.07) is 5.80. The van der Waals surface area contributed by atoms with Gasteiger partial charge in [-0.25, -0.2) is 4.39 Å². The largest absolute Gasteiger partial charge is 0.272 e. The number of amides is 1. The monoisotopic (exact) mass is 308 g/mol. The van der Waals surface area contributed by atoms with Crippen molar-refractivity contribution in [3.05, 3.63) is 40.7 Å². The first-order valence-electron chi connectivity index (χ1n) is 6.84. The number of nitrogens with one attached hydrogen (secondary N) is 2. The van der Waals surface area contributed by atoms with E-state index in [0.717, 1.165) is 30.7 Å². The van der Waals surface area contributed by atoms with E-state index in [1.54, 1.807) is 6.07 Å². The SMILES string of the molecule is CCCCCc1nnc(NNC(=O)c2ccccc2F)s1. The van der Waals surface area contributed by atoms with Crippen LogP contribution in [0.15, 0.2) is 24.3 Å². The van der Waals surface area contributed by atoms with Crippen LogP contribution in [-0.2, 0) is 6.42 Å². The Labute approximate surface area is 126 Å². The first-order valence-corrected chi connectivity index (χ1v) is 7.65. The second-order valence-corrected chi connectivity index (χ2v) is 5.58. The molecule has 0 fully saturated rings. The van der Waals surface area contributed by atoms with Crippen LogP contribution in [0.2, 0.25) is 0 Å². The number of carbonyl (C=O) groups is 1. The number of carbonyl (C=O) groups excluding carboxylic acids is 1. The van der Waals surface area contributed by atoms with Gasteiger partial charge >= 0.3 is 0 Å². The van der Waals surface area contributed by atoms with Crippen LogP contribution in [0.3, 0.4) is 0 Å². The van der Waals surface area contributed by atoms with E-state index in [4.69, 9.17) is 0 Å². The van der Waals surface area contributed by atoms with Crippen molar-refractivity contribution in [2.24, 2.45) is 0 Å². The molecule has 7 heteroatoms. The van der Waals surface area contributed by atoms with Gasteiger partial charge in [-0.3, -0.25) is 15.6 Å². The Morgan fingerprint density at radius 1 is 1.29 bits per heavy atom. The molecule has 0 radical (unpaired) electrons. The first-order chi connectivity index (χ1) is 10.2. The molecule has 0 aliphatic heterocycles. The van der Waals surface area contributed by atoms with Crippen LogP contribution in [0.25, 0.3) is 0 Å². The normalized spacial score (nSPS) is 10.4. The summed E-state index contributed by atoms with van der Waals surface area (Å²) in [5.74, 6) is -1.11. The summed E-state index contributed by atoms with van der Waals surface area (Å²) < 4.78 is 13.4. The number of anilines is 1. The van der Waals surface area contributed by atoms with Crippen molar-refractivity contribution < 1.29 is 9.18 Å². The van der Waals surface area contributed by atoms with Crippen LogP contribution in [0.4, 0.5) is 9.52 Å². The van der Waals surface area contributed by atoms with E-state index in [1.807, 2.05) is 0 Å². The van der Waals surface area contributed by atoms with Gasteiger partial charge in [-0.05, 0) is 18.6 Å². The van der Waals surface area contributed by atoms with Crippen molar-refractivity contribution in [3.63, 3.8) is 0 Å². The highest BCUT2D eigenvalue weighted by Gasteiger charge is 2.11. The highest BCUT2D eigenvalue weighted by atomic mass is 32.1. The highest BCUT2D eigenvalue weighted by Crippen LogP contribution is 2.16. The van der Waals surface area contributed by atoms with Gasteiger partial charge in [0.05, 0.1) is 5.56 Å². The van der Waals surface area contributed by atoms with E-state index in [2.05, 4.69) is 28.0 Å². The van der Waals surface area contributed by atoms with E-state index in [-0.39, 0.29) is 5.56 Å². The van der Waals surface area contributed by atoms with Crippen molar-refractivity contribution in [3.8, 4) is 0 Å². The number of nitrogens with zero attached hydrogens (tertiary/aromatic N) is 2. The van der Waals surface area contributed by atoms with Gasteiger partial charge in [0.15, 0.2) is 0 Å². The maximum absolute atomic E-state index is 13.4. The van der Waals surface area contributed by atoms with Crippen molar-refractivity contribution >= 4 is 22.4 Å². The van der Waals surface area contributed by atoms with Crippen LogP contribution >= 0.6 is 11.3 Å². The van der Waals surface area contributed by atoms with Crippen molar-refractivity contribution in [2.75, 3.05) is 5.43 Å². The topological polar surface area (TPSA) is 66.9 Å². The zero-order valence-electron chi connectivity index (χ0n) is 11.7. The molecule has 1 amide bonds. The molecule has 0 atom stereocenters. The Kier molecular flexibility index (Phi) is 5.62. The molecular formula is C14H17FN4OS. The molecule has 0 unspecified atom stereocenters. The number of rotatable bonds is 7. The Morgan fingerprint density at radius 3 is 2.86 bits per heavy atom. The second-order valence-electron chi connectivity index (χ2n) is 4.52. The standard InChI is InChI=1S/C14H17FN4OS/c1-2-3-4-9-12-16-18-14(21-12)19-17-13(20)10-7-5-6-8-11(10)15/h5-8H,2-4,9H2,1H3,(H,17,20)(H,18,19). The lowest BCUT2D eigenvalue weighted by atomic mass is 10.2. The molecule has 0 saturated carbocycles. The maximum atomic E-state index is 13.4. The summed E-state index contributed by atoms with van der Waals surface area (Å²) >= 11 is 1.38. The average Bonchev–Trinajstić information content (AvgIpc) is 2.93. The molecule has 2 N–H and O–H groups in total. The summed E-state index contributed by atoms with van der Waals surface area (Å²) in [7, 11) is 0. The zero-order chi connectivity index (χ0) is 15.1. The predicted octanol–water partition coefficient (Wildman–Crippen LogP) is 3.17. The highest BCUT2D eigenvalue weighted by molar-refractivity contribution is 7.15. The molecule has 0 aliphatic rings. The quantitative estimate of drug-likeness (QED) is 0.609. The molecule has 1 heterocycles. The van der Waals surface area contributed by atoms with Crippen LogP contribution in [-0.4, -0.2) is 16.1 Å². The third kappa shape index (κ3) is 4.49. The van der Waals surface area contributed by atoms with Crippen molar-refractivity contribution in [1.29, 1.82) is 0 Å². The minimum Gasteiger partial charge on any atom is -0.271 e. The van der Waals surface area contributed by atoms with E-state index < -0.39 is 11.7 Å². The van der Waals surface area contributed by atoms with Gasteiger partial charge in [0.1, 0.15) is 10.8 Å². The third-order valence-corrected chi connectivity index (χ3v) is 3.76. The molecule has 0 spiro atoms. The van der Waals surface area contributed by atoms with Gasteiger partial charge < -0.3 is 0 Å². The number of halogens is 1. The molecule has 0 bridgehead atoms. The van der Waals surface area contributed by atoms with E-state index in [1.165, 1.54) is 29.5 Å². The van der Waals surface area contributed by atoms with E-state index >= 15 is 0 Å². The summed E-state index contributed by atoms with van der Waals surface area (Å²) in [4.78, 5) is 11.8. The Balaban J connectivity index is 1.86. The Bertz CT molecular complexity index is 602. The zero-order valence-corrected chi connectivity index (χ0v) is 12.5. The molecule has 21 heavy (non-hydrogen) atoms. The van der Waals surface area contributed by atoms with Crippen LogP contribution in [0.1, 0.15) is 41.6 Å². The number of unbranched alkanes of at least 4 members (excludes halogenated alkanes) is 2. The van der Waals surface area contributed by atoms with Gasteiger partial charge in [0.25, 0.3) is 5.91 Å². The first kappa shape index (κ1) is 15.4. The fourth-order valence-electron chi connectivity index (χ4n) is 1.75. The predicted molar refractivity (Wildman–Crippen MR) is 80.6 cm³/mol.